The number of para-hydroxylation sites is 1. The van der Waals surface area contributed by atoms with Crippen LogP contribution in [0.4, 0.5) is 17.1 Å². The van der Waals surface area contributed by atoms with Gasteiger partial charge in [-0.05, 0) is 116 Å². The van der Waals surface area contributed by atoms with E-state index in [0.29, 0.717) is 0 Å². The van der Waals surface area contributed by atoms with Gasteiger partial charge in [0.1, 0.15) is 5.01 Å². The van der Waals surface area contributed by atoms with Gasteiger partial charge in [-0.25, -0.2) is 4.98 Å². The Morgan fingerprint density at radius 1 is 0.471 bits per heavy atom. The van der Waals surface area contributed by atoms with Crippen LogP contribution in [0.5, 0.6) is 0 Å². The SMILES string of the molecule is CC1(C)c2cc3ccc4ccc(N(c5ccccc5)c5ccc(-c6ccccc6)cc5)cc4c3cc2-c2cc3sc(-c4ccccc4)nc3cc21. The van der Waals surface area contributed by atoms with Crippen molar-refractivity contribution >= 4 is 60.2 Å². The molecule has 1 heterocycles. The first-order valence-corrected chi connectivity index (χ1v) is 18.4. The molecule has 9 aromatic rings. The standard InChI is InChI=1S/C48H34N2S/c1-48(2)43-26-35-19-18-33-22-25-38(50(36-16-10-5-11-17-36)37-23-20-32(21-24-37)31-12-6-3-7-13-31)27-39(33)40(35)28-41(43)42-29-46-45(30-44(42)48)49-47(51-46)34-14-8-4-9-15-34/h3-30H,1-2H3. The molecule has 0 aliphatic heterocycles. The molecular weight excluding hydrogens is 637 g/mol. The van der Waals surface area contributed by atoms with Gasteiger partial charge in [-0.3, -0.25) is 0 Å². The van der Waals surface area contributed by atoms with Crippen LogP contribution >= 0.6 is 11.3 Å². The quantitative estimate of drug-likeness (QED) is 0.169. The predicted octanol–water partition coefficient (Wildman–Crippen LogP) is 13.7. The van der Waals surface area contributed by atoms with E-state index in [1.54, 1.807) is 11.3 Å². The van der Waals surface area contributed by atoms with E-state index >= 15 is 0 Å². The van der Waals surface area contributed by atoms with Crippen molar-refractivity contribution in [2.24, 2.45) is 0 Å². The van der Waals surface area contributed by atoms with Crippen LogP contribution in [-0.2, 0) is 5.41 Å². The summed E-state index contributed by atoms with van der Waals surface area (Å²) in [6, 6.07) is 61.8. The van der Waals surface area contributed by atoms with Gasteiger partial charge >= 0.3 is 0 Å². The van der Waals surface area contributed by atoms with Crippen LogP contribution in [0.1, 0.15) is 25.0 Å². The lowest BCUT2D eigenvalue weighted by atomic mass is 9.81. The number of hydrogen-bond donors (Lipinski definition) is 0. The zero-order valence-electron chi connectivity index (χ0n) is 28.5. The maximum atomic E-state index is 5.09. The second-order valence-electron chi connectivity index (χ2n) is 14.0. The second-order valence-corrected chi connectivity index (χ2v) is 15.1. The summed E-state index contributed by atoms with van der Waals surface area (Å²) in [4.78, 5) is 7.46. The summed E-state index contributed by atoms with van der Waals surface area (Å²) in [5.41, 5.74) is 13.3. The Bertz CT molecular complexity index is 2750. The summed E-state index contributed by atoms with van der Waals surface area (Å²) in [5.74, 6) is 0. The molecule has 242 valence electrons. The van der Waals surface area contributed by atoms with Gasteiger partial charge in [-0.15, -0.1) is 11.3 Å². The Morgan fingerprint density at radius 3 is 1.76 bits per heavy atom. The van der Waals surface area contributed by atoms with E-state index in [-0.39, 0.29) is 5.41 Å². The Labute approximate surface area is 301 Å². The van der Waals surface area contributed by atoms with Gasteiger partial charge in [0.2, 0.25) is 0 Å². The molecule has 1 aliphatic carbocycles. The van der Waals surface area contributed by atoms with Crippen molar-refractivity contribution in [1.82, 2.24) is 4.98 Å². The highest BCUT2D eigenvalue weighted by Crippen LogP contribution is 2.52. The largest absolute Gasteiger partial charge is 0.310 e. The zero-order chi connectivity index (χ0) is 34.1. The topological polar surface area (TPSA) is 16.1 Å². The van der Waals surface area contributed by atoms with Crippen LogP contribution in [0.2, 0.25) is 0 Å². The Kier molecular flexibility index (Phi) is 6.74. The Hall–Kier alpha value is -6.03. The minimum Gasteiger partial charge on any atom is -0.310 e. The number of anilines is 3. The van der Waals surface area contributed by atoms with Crippen LogP contribution in [0.3, 0.4) is 0 Å². The molecule has 1 aliphatic rings. The Morgan fingerprint density at radius 2 is 1.02 bits per heavy atom. The lowest BCUT2D eigenvalue weighted by molar-refractivity contribution is 0.662. The highest BCUT2D eigenvalue weighted by atomic mass is 32.1. The zero-order valence-corrected chi connectivity index (χ0v) is 29.3. The molecule has 0 fully saturated rings. The molecular formula is C48H34N2S. The third-order valence-electron chi connectivity index (χ3n) is 10.6. The van der Waals surface area contributed by atoms with Gasteiger partial charge in [0.25, 0.3) is 0 Å². The molecule has 0 N–H and O–H groups in total. The van der Waals surface area contributed by atoms with Crippen molar-refractivity contribution in [3.63, 3.8) is 0 Å². The molecule has 2 nitrogen and oxygen atoms in total. The van der Waals surface area contributed by atoms with Gasteiger partial charge in [-0.2, -0.15) is 0 Å². The van der Waals surface area contributed by atoms with Gasteiger partial charge < -0.3 is 4.90 Å². The molecule has 0 atom stereocenters. The molecule has 0 spiro atoms. The highest BCUT2D eigenvalue weighted by molar-refractivity contribution is 7.21. The molecule has 51 heavy (non-hydrogen) atoms. The van der Waals surface area contributed by atoms with Crippen LogP contribution < -0.4 is 4.90 Å². The van der Waals surface area contributed by atoms with E-state index in [1.807, 2.05) is 0 Å². The third kappa shape index (κ3) is 4.88. The lowest BCUT2D eigenvalue weighted by Crippen LogP contribution is -2.14. The van der Waals surface area contributed by atoms with E-state index in [2.05, 4.69) is 189 Å². The van der Waals surface area contributed by atoms with Crippen molar-refractivity contribution < 1.29 is 0 Å². The molecule has 0 bridgehead atoms. The fourth-order valence-corrected chi connectivity index (χ4v) is 8.98. The second kappa shape index (κ2) is 11.5. The van der Waals surface area contributed by atoms with Crippen LogP contribution in [0.25, 0.3) is 64.6 Å². The third-order valence-corrected chi connectivity index (χ3v) is 11.7. The molecule has 0 saturated carbocycles. The minimum absolute atomic E-state index is 0.129. The number of fused-ring (bicyclic) bond motifs is 7. The maximum absolute atomic E-state index is 5.09. The maximum Gasteiger partial charge on any atom is 0.124 e. The van der Waals surface area contributed by atoms with Gasteiger partial charge in [0.15, 0.2) is 0 Å². The first-order chi connectivity index (χ1) is 25.0. The fraction of sp³-hybridized carbons (Fsp3) is 0.0625. The van der Waals surface area contributed by atoms with Crippen LogP contribution in [-0.4, -0.2) is 4.98 Å². The molecule has 0 saturated heterocycles. The monoisotopic (exact) mass is 670 g/mol. The summed E-state index contributed by atoms with van der Waals surface area (Å²) < 4.78 is 1.23. The highest BCUT2D eigenvalue weighted by Gasteiger charge is 2.36. The lowest BCUT2D eigenvalue weighted by Gasteiger charge is -2.26. The molecule has 1 aromatic heterocycles. The number of benzene rings is 8. The van der Waals surface area contributed by atoms with E-state index in [9.17, 15) is 0 Å². The summed E-state index contributed by atoms with van der Waals surface area (Å²) in [5, 5.41) is 6.11. The van der Waals surface area contributed by atoms with Crippen molar-refractivity contribution in [1.29, 1.82) is 0 Å². The van der Waals surface area contributed by atoms with Crippen molar-refractivity contribution in [2.75, 3.05) is 4.90 Å². The normalized spacial score (nSPS) is 13.1. The van der Waals surface area contributed by atoms with E-state index < -0.39 is 0 Å². The number of hydrogen-bond acceptors (Lipinski definition) is 3. The number of rotatable bonds is 5. The molecule has 8 aromatic carbocycles. The average Bonchev–Trinajstić information content (AvgIpc) is 3.70. The molecule has 10 rings (SSSR count). The predicted molar refractivity (Wildman–Crippen MR) is 218 cm³/mol. The smallest absolute Gasteiger partial charge is 0.124 e. The van der Waals surface area contributed by atoms with Crippen LogP contribution in [0.15, 0.2) is 170 Å². The average molecular weight is 671 g/mol. The van der Waals surface area contributed by atoms with Gasteiger partial charge in [0, 0.05) is 28.0 Å². The summed E-state index contributed by atoms with van der Waals surface area (Å²) >= 11 is 1.78. The van der Waals surface area contributed by atoms with Gasteiger partial charge in [0.05, 0.1) is 10.2 Å². The molecule has 0 radical (unpaired) electrons. The van der Waals surface area contributed by atoms with E-state index in [0.717, 1.165) is 27.6 Å². The molecule has 0 amide bonds. The van der Waals surface area contributed by atoms with Crippen LogP contribution in [0, 0.1) is 0 Å². The number of aromatic nitrogens is 1. The van der Waals surface area contributed by atoms with E-state index in [4.69, 9.17) is 4.98 Å². The Balaban J connectivity index is 1.13. The molecule has 0 unspecified atom stereocenters. The van der Waals surface area contributed by atoms with E-state index in [1.165, 1.54) is 65.2 Å². The fourth-order valence-electron chi connectivity index (χ4n) is 7.99. The minimum atomic E-state index is -0.129. The number of thiazole rings is 1. The van der Waals surface area contributed by atoms with Crippen molar-refractivity contribution in [2.45, 2.75) is 19.3 Å². The molecule has 3 heteroatoms. The first kappa shape index (κ1) is 29.8. The summed E-state index contributed by atoms with van der Waals surface area (Å²) in [7, 11) is 0. The summed E-state index contributed by atoms with van der Waals surface area (Å²) in [6.07, 6.45) is 0. The van der Waals surface area contributed by atoms with Crippen molar-refractivity contribution in [3.05, 3.63) is 181 Å². The van der Waals surface area contributed by atoms with Crippen molar-refractivity contribution in [3.8, 4) is 32.8 Å². The first-order valence-electron chi connectivity index (χ1n) is 17.5. The van der Waals surface area contributed by atoms with Gasteiger partial charge in [-0.1, -0.05) is 123 Å². The number of nitrogens with zero attached hydrogens (tertiary/aromatic N) is 2. The summed E-state index contributed by atoms with van der Waals surface area (Å²) in [6.45, 7) is 4.72.